The first-order valence-electron chi connectivity index (χ1n) is 4.25. The van der Waals surface area contributed by atoms with Crippen molar-refractivity contribution in [3.05, 3.63) is 24.4 Å². The normalized spacial score (nSPS) is 11.6. The highest BCUT2D eigenvalue weighted by molar-refractivity contribution is 7.89. The number of nitrogens with one attached hydrogen (secondary N) is 1. The summed E-state index contributed by atoms with van der Waals surface area (Å²) in [5, 5.41) is 13.9. The smallest absolute Gasteiger partial charge is 0.340 e. The maximum absolute atomic E-state index is 11.9. The van der Waals surface area contributed by atoms with Crippen LogP contribution in [0.2, 0.25) is 0 Å². The molecule has 8 heteroatoms. The van der Waals surface area contributed by atoms with Crippen molar-refractivity contribution in [1.29, 1.82) is 0 Å². The van der Waals surface area contributed by atoms with Gasteiger partial charge in [0.25, 0.3) is 10.0 Å². The zero-order chi connectivity index (χ0) is 12.3. The molecule has 1 aromatic rings. The number of hydrogen-bond acceptors (Lipinski definition) is 4. The number of sulfonamides is 1. The van der Waals surface area contributed by atoms with Gasteiger partial charge >= 0.3 is 5.97 Å². The van der Waals surface area contributed by atoms with Gasteiger partial charge in [-0.25, -0.2) is 13.2 Å². The largest absolute Gasteiger partial charge is 0.478 e. The lowest BCUT2D eigenvalue weighted by atomic mass is 10.4. The van der Waals surface area contributed by atoms with Gasteiger partial charge in [-0.2, -0.15) is 9.40 Å². The van der Waals surface area contributed by atoms with E-state index in [1.165, 1.54) is 13.1 Å². The van der Waals surface area contributed by atoms with Gasteiger partial charge in [0.1, 0.15) is 5.56 Å². The number of carboxylic acid groups (broad SMARTS) is 1. The van der Waals surface area contributed by atoms with Gasteiger partial charge in [0, 0.05) is 13.6 Å². The zero-order valence-corrected chi connectivity index (χ0v) is 9.36. The highest BCUT2D eigenvalue weighted by Gasteiger charge is 2.27. The lowest BCUT2D eigenvalue weighted by molar-refractivity contribution is 0.0692. The van der Waals surface area contributed by atoms with Crippen LogP contribution in [0.1, 0.15) is 10.4 Å². The van der Waals surface area contributed by atoms with Crippen LogP contribution < -0.4 is 0 Å². The van der Waals surface area contributed by atoms with E-state index in [0.717, 1.165) is 10.5 Å². The number of carboxylic acids is 1. The third-order valence-electron chi connectivity index (χ3n) is 1.89. The maximum atomic E-state index is 11.9. The monoisotopic (exact) mass is 245 g/mol. The summed E-state index contributed by atoms with van der Waals surface area (Å²) in [5.41, 5.74) is -0.379. The van der Waals surface area contributed by atoms with Gasteiger partial charge in [-0.15, -0.1) is 6.58 Å². The van der Waals surface area contributed by atoms with Crippen molar-refractivity contribution in [1.82, 2.24) is 14.5 Å². The van der Waals surface area contributed by atoms with Crippen LogP contribution in [0.3, 0.4) is 0 Å². The second-order valence-electron chi connectivity index (χ2n) is 2.99. The quantitative estimate of drug-likeness (QED) is 0.706. The van der Waals surface area contributed by atoms with Crippen molar-refractivity contribution >= 4 is 16.0 Å². The minimum Gasteiger partial charge on any atom is -0.478 e. The van der Waals surface area contributed by atoms with E-state index in [1.54, 1.807) is 0 Å². The van der Waals surface area contributed by atoms with Gasteiger partial charge < -0.3 is 5.11 Å². The summed E-state index contributed by atoms with van der Waals surface area (Å²) in [6.07, 6.45) is 2.35. The molecule has 1 heterocycles. The Balaban J connectivity index is 3.22. The zero-order valence-electron chi connectivity index (χ0n) is 8.54. The van der Waals surface area contributed by atoms with Crippen LogP contribution in [0.25, 0.3) is 0 Å². The molecule has 16 heavy (non-hydrogen) atoms. The molecule has 0 aliphatic heterocycles. The summed E-state index contributed by atoms with van der Waals surface area (Å²) in [4.78, 5) is 10.7. The molecule has 0 spiro atoms. The van der Waals surface area contributed by atoms with E-state index in [2.05, 4.69) is 16.8 Å². The van der Waals surface area contributed by atoms with Gasteiger partial charge in [-0.3, -0.25) is 5.10 Å². The van der Waals surface area contributed by atoms with Crippen LogP contribution in [-0.2, 0) is 10.0 Å². The fraction of sp³-hybridized carbons (Fsp3) is 0.250. The number of nitrogens with zero attached hydrogens (tertiary/aromatic N) is 2. The molecule has 0 aromatic carbocycles. The Labute approximate surface area is 92.4 Å². The van der Waals surface area contributed by atoms with E-state index in [9.17, 15) is 13.2 Å². The van der Waals surface area contributed by atoms with Crippen LogP contribution in [0.5, 0.6) is 0 Å². The molecule has 1 rings (SSSR count). The predicted molar refractivity (Wildman–Crippen MR) is 55.6 cm³/mol. The summed E-state index contributed by atoms with van der Waals surface area (Å²) in [6.45, 7) is 3.49. The topological polar surface area (TPSA) is 103 Å². The van der Waals surface area contributed by atoms with Crippen LogP contribution in [0.15, 0.2) is 23.9 Å². The van der Waals surface area contributed by atoms with Crippen LogP contribution in [-0.4, -0.2) is 47.6 Å². The molecule has 0 aliphatic carbocycles. The van der Waals surface area contributed by atoms with Crippen LogP contribution in [0, 0.1) is 0 Å². The summed E-state index contributed by atoms with van der Waals surface area (Å²) in [6, 6.07) is 0. The van der Waals surface area contributed by atoms with E-state index < -0.39 is 21.0 Å². The van der Waals surface area contributed by atoms with Gasteiger partial charge in [0.05, 0.1) is 6.20 Å². The molecule has 0 aliphatic rings. The number of hydrogen-bond donors (Lipinski definition) is 2. The molecule has 0 atom stereocenters. The Morgan fingerprint density at radius 2 is 2.38 bits per heavy atom. The Morgan fingerprint density at radius 3 is 2.88 bits per heavy atom. The minimum atomic E-state index is -3.87. The van der Waals surface area contributed by atoms with Gasteiger partial charge in [-0.05, 0) is 0 Å². The molecule has 0 bridgehead atoms. The molecular weight excluding hydrogens is 234 g/mol. The highest BCUT2D eigenvalue weighted by atomic mass is 32.2. The number of rotatable bonds is 5. The van der Waals surface area contributed by atoms with Crippen LogP contribution in [0.4, 0.5) is 0 Å². The Kier molecular flexibility index (Phi) is 3.45. The third kappa shape index (κ3) is 2.12. The highest BCUT2D eigenvalue weighted by Crippen LogP contribution is 2.15. The molecule has 88 valence electrons. The molecule has 0 unspecified atom stereocenters. The molecular formula is C8H11N3O4S. The van der Waals surface area contributed by atoms with Crippen molar-refractivity contribution in [2.45, 2.75) is 5.03 Å². The number of aromatic nitrogens is 2. The molecule has 7 nitrogen and oxygen atoms in total. The van der Waals surface area contributed by atoms with E-state index in [4.69, 9.17) is 5.11 Å². The first-order valence-corrected chi connectivity index (χ1v) is 5.69. The lowest BCUT2D eigenvalue weighted by Crippen LogP contribution is -2.28. The summed E-state index contributed by atoms with van der Waals surface area (Å²) < 4.78 is 24.7. The van der Waals surface area contributed by atoms with Crippen molar-refractivity contribution < 1.29 is 18.3 Å². The first-order chi connectivity index (χ1) is 7.41. The van der Waals surface area contributed by atoms with E-state index in [0.29, 0.717) is 0 Å². The van der Waals surface area contributed by atoms with Crippen molar-refractivity contribution in [3.63, 3.8) is 0 Å². The Morgan fingerprint density at radius 1 is 1.75 bits per heavy atom. The molecule has 0 fully saturated rings. The third-order valence-corrected chi connectivity index (χ3v) is 3.69. The molecule has 0 saturated carbocycles. The lowest BCUT2D eigenvalue weighted by Gasteiger charge is -2.13. The van der Waals surface area contributed by atoms with E-state index >= 15 is 0 Å². The maximum Gasteiger partial charge on any atom is 0.340 e. The van der Waals surface area contributed by atoms with E-state index in [1.807, 2.05) is 0 Å². The average molecular weight is 245 g/mol. The predicted octanol–water partition coefficient (Wildman–Crippen LogP) is -0.0856. The fourth-order valence-electron chi connectivity index (χ4n) is 1.06. The standard InChI is InChI=1S/C8H11N3O4S/c1-3-4-11(2)16(14,15)7-6(8(12)13)5-9-10-7/h3,5H,1,4H2,2H3,(H,9,10)(H,12,13). The number of carbonyl (C=O) groups is 1. The second kappa shape index (κ2) is 4.45. The van der Waals surface area contributed by atoms with Gasteiger partial charge in [-0.1, -0.05) is 6.08 Å². The molecule has 0 saturated heterocycles. The SMILES string of the molecule is C=CCN(C)S(=O)(=O)c1[nH]ncc1C(=O)O. The van der Waals surface area contributed by atoms with Crippen molar-refractivity contribution in [3.8, 4) is 0 Å². The van der Waals surface area contributed by atoms with Crippen molar-refractivity contribution in [2.24, 2.45) is 0 Å². The summed E-state index contributed by atoms with van der Waals surface area (Å²) >= 11 is 0. The van der Waals surface area contributed by atoms with E-state index in [-0.39, 0.29) is 12.1 Å². The van der Waals surface area contributed by atoms with Gasteiger partial charge in [0.2, 0.25) is 0 Å². The fourth-order valence-corrected chi connectivity index (χ4v) is 2.26. The number of aromatic carboxylic acids is 1. The minimum absolute atomic E-state index is 0.0837. The van der Waals surface area contributed by atoms with Crippen molar-refractivity contribution in [2.75, 3.05) is 13.6 Å². The average Bonchev–Trinajstić information content (AvgIpc) is 2.66. The number of H-pyrrole nitrogens is 1. The molecule has 0 radical (unpaired) electrons. The molecule has 0 amide bonds. The summed E-state index contributed by atoms with van der Waals surface area (Å²) in [5.74, 6) is -1.35. The Bertz CT molecular complexity index is 505. The number of likely N-dealkylation sites (N-methyl/N-ethyl adjacent to an activating group) is 1. The second-order valence-corrected chi connectivity index (χ2v) is 4.97. The van der Waals surface area contributed by atoms with Crippen LogP contribution >= 0.6 is 0 Å². The molecule has 2 N–H and O–H groups in total. The summed E-state index contributed by atoms with van der Waals surface area (Å²) in [7, 11) is -2.55. The molecule has 1 aromatic heterocycles. The first kappa shape index (κ1) is 12.4. The van der Waals surface area contributed by atoms with Gasteiger partial charge in [0.15, 0.2) is 5.03 Å². The Hall–Kier alpha value is -1.67. The number of aromatic amines is 1.